The summed E-state index contributed by atoms with van der Waals surface area (Å²) in [6.07, 6.45) is 1.72. The molecule has 1 aromatic rings. The van der Waals surface area contributed by atoms with Crippen molar-refractivity contribution in [2.24, 2.45) is 5.92 Å². The summed E-state index contributed by atoms with van der Waals surface area (Å²) in [5.41, 5.74) is 0.491. The Morgan fingerprint density at radius 2 is 2.30 bits per heavy atom. The third-order valence-corrected chi connectivity index (χ3v) is 3.44. The number of hydrogen-bond acceptors (Lipinski definition) is 5. The maximum Gasteiger partial charge on any atom is 0.268 e. The highest BCUT2D eigenvalue weighted by atomic mass is 16.5. The Hall–Kier alpha value is -1.40. The quantitative estimate of drug-likeness (QED) is 0.870. The molecule has 1 aromatic heterocycles. The lowest BCUT2D eigenvalue weighted by Gasteiger charge is -2.39. The Morgan fingerprint density at radius 3 is 2.90 bits per heavy atom. The summed E-state index contributed by atoms with van der Waals surface area (Å²) in [6, 6.07) is 1.61. The van der Waals surface area contributed by atoms with E-state index in [1.165, 1.54) is 4.68 Å². The summed E-state index contributed by atoms with van der Waals surface area (Å²) < 4.78 is 7.06. The first-order chi connectivity index (χ1) is 9.41. The third-order valence-electron chi connectivity index (χ3n) is 3.44. The zero-order chi connectivity index (χ0) is 14.8. The second-order valence-corrected chi connectivity index (χ2v) is 6.05. The standard InChI is InChI=1S/C14H23N3O3/c1-11(9-18)8-17-13(19)6-12(7-15-17)16-4-5-20-14(2,3)10-16/h6-7,11,18H,4-5,8-10H2,1-3H3. The van der Waals surface area contributed by atoms with Crippen molar-refractivity contribution in [2.45, 2.75) is 32.9 Å². The van der Waals surface area contributed by atoms with Gasteiger partial charge in [0.1, 0.15) is 0 Å². The van der Waals surface area contributed by atoms with Gasteiger partial charge in [0.2, 0.25) is 0 Å². The van der Waals surface area contributed by atoms with Crippen molar-refractivity contribution < 1.29 is 9.84 Å². The van der Waals surface area contributed by atoms with Gasteiger partial charge < -0.3 is 14.7 Å². The van der Waals surface area contributed by atoms with Crippen molar-refractivity contribution in [3.8, 4) is 0 Å². The molecule has 1 saturated heterocycles. The van der Waals surface area contributed by atoms with Crippen LogP contribution >= 0.6 is 0 Å². The molecule has 0 saturated carbocycles. The summed E-state index contributed by atoms with van der Waals surface area (Å²) in [4.78, 5) is 14.2. The molecule has 1 aliphatic heterocycles. The minimum Gasteiger partial charge on any atom is -0.396 e. The van der Waals surface area contributed by atoms with Crippen LogP contribution in [0.3, 0.4) is 0 Å². The molecule has 20 heavy (non-hydrogen) atoms. The van der Waals surface area contributed by atoms with Crippen molar-refractivity contribution in [3.63, 3.8) is 0 Å². The van der Waals surface area contributed by atoms with Gasteiger partial charge >= 0.3 is 0 Å². The zero-order valence-corrected chi connectivity index (χ0v) is 12.4. The molecule has 0 spiro atoms. The number of ether oxygens (including phenoxy) is 1. The summed E-state index contributed by atoms with van der Waals surface area (Å²) in [5, 5.41) is 13.2. The first-order valence-corrected chi connectivity index (χ1v) is 6.98. The SMILES string of the molecule is CC(CO)Cn1ncc(N2CCOC(C)(C)C2)cc1=O. The maximum absolute atomic E-state index is 12.1. The monoisotopic (exact) mass is 281 g/mol. The number of anilines is 1. The fourth-order valence-corrected chi connectivity index (χ4v) is 2.32. The van der Waals surface area contributed by atoms with E-state index in [2.05, 4.69) is 10.00 Å². The van der Waals surface area contributed by atoms with Gasteiger partial charge in [-0.1, -0.05) is 6.92 Å². The van der Waals surface area contributed by atoms with Gasteiger partial charge in [-0.05, 0) is 19.8 Å². The number of aromatic nitrogens is 2. The Bertz CT molecular complexity index is 513. The molecule has 2 rings (SSSR count). The predicted molar refractivity (Wildman–Crippen MR) is 77.0 cm³/mol. The highest BCUT2D eigenvalue weighted by molar-refractivity contribution is 5.43. The van der Waals surface area contributed by atoms with Crippen molar-refractivity contribution in [2.75, 3.05) is 31.2 Å². The number of aliphatic hydroxyl groups excluding tert-OH is 1. The van der Waals surface area contributed by atoms with Crippen LogP contribution in [-0.4, -0.2) is 46.8 Å². The van der Waals surface area contributed by atoms with Gasteiger partial charge in [-0.2, -0.15) is 5.10 Å². The van der Waals surface area contributed by atoms with Gasteiger partial charge in [0.05, 0.1) is 24.1 Å². The summed E-state index contributed by atoms with van der Waals surface area (Å²) in [7, 11) is 0. The van der Waals surface area contributed by atoms with E-state index >= 15 is 0 Å². The fourth-order valence-electron chi connectivity index (χ4n) is 2.32. The Balaban J connectivity index is 2.14. The molecule has 6 nitrogen and oxygen atoms in total. The molecule has 1 fully saturated rings. The second-order valence-electron chi connectivity index (χ2n) is 6.05. The number of aliphatic hydroxyl groups is 1. The van der Waals surface area contributed by atoms with E-state index < -0.39 is 0 Å². The lowest BCUT2D eigenvalue weighted by atomic mass is 10.1. The van der Waals surface area contributed by atoms with E-state index in [0.29, 0.717) is 13.2 Å². The molecule has 1 atom stereocenters. The van der Waals surface area contributed by atoms with Gasteiger partial charge in [-0.25, -0.2) is 4.68 Å². The summed E-state index contributed by atoms with van der Waals surface area (Å²) in [6.45, 7) is 8.60. The molecule has 1 N–H and O–H groups in total. The molecule has 112 valence electrons. The molecule has 1 aliphatic rings. The van der Waals surface area contributed by atoms with Crippen LogP contribution in [0, 0.1) is 5.92 Å². The third kappa shape index (κ3) is 3.58. The molecule has 0 aromatic carbocycles. The molecule has 0 amide bonds. The number of hydrogen-bond donors (Lipinski definition) is 1. The van der Waals surface area contributed by atoms with Crippen LogP contribution in [0.15, 0.2) is 17.1 Å². The first-order valence-electron chi connectivity index (χ1n) is 6.98. The van der Waals surface area contributed by atoms with E-state index in [9.17, 15) is 4.79 Å². The highest BCUT2D eigenvalue weighted by Crippen LogP contribution is 2.21. The Morgan fingerprint density at radius 1 is 1.55 bits per heavy atom. The number of morpholine rings is 1. The van der Waals surface area contributed by atoms with E-state index in [4.69, 9.17) is 9.84 Å². The van der Waals surface area contributed by atoms with Gasteiger partial charge in [-0.15, -0.1) is 0 Å². The van der Waals surface area contributed by atoms with E-state index in [1.807, 2.05) is 20.8 Å². The number of rotatable bonds is 4. The van der Waals surface area contributed by atoms with E-state index in [1.54, 1.807) is 12.3 Å². The van der Waals surface area contributed by atoms with E-state index in [0.717, 1.165) is 18.8 Å². The second kappa shape index (κ2) is 5.93. The van der Waals surface area contributed by atoms with Crippen molar-refractivity contribution in [3.05, 3.63) is 22.6 Å². The molecule has 6 heteroatoms. The molecule has 1 unspecified atom stereocenters. The summed E-state index contributed by atoms with van der Waals surface area (Å²) >= 11 is 0. The highest BCUT2D eigenvalue weighted by Gasteiger charge is 2.27. The van der Waals surface area contributed by atoms with Crippen LogP contribution in [0.25, 0.3) is 0 Å². The van der Waals surface area contributed by atoms with Crippen molar-refractivity contribution in [1.82, 2.24) is 9.78 Å². The lowest BCUT2D eigenvalue weighted by Crippen LogP contribution is -2.48. The molecule has 0 bridgehead atoms. The van der Waals surface area contributed by atoms with Gasteiger partial charge in [0.15, 0.2) is 0 Å². The first kappa shape index (κ1) is 15.0. The maximum atomic E-state index is 12.1. The average molecular weight is 281 g/mol. The van der Waals surface area contributed by atoms with Crippen molar-refractivity contribution >= 4 is 5.69 Å². The zero-order valence-electron chi connectivity index (χ0n) is 12.4. The molecular weight excluding hydrogens is 258 g/mol. The van der Waals surface area contributed by atoms with Gasteiger partial charge in [0.25, 0.3) is 5.56 Å². The van der Waals surface area contributed by atoms with Crippen molar-refractivity contribution in [1.29, 1.82) is 0 Å². The Labute approximate surface area is 119 Å². The summed E-state index contributed by atoms with van der Waals surface area (Å²) in [5.74, 6) is 0.0216. The minimum absolute atomic E-state index is 0.0216. The minimum atomic E-state index is -0.210. The molecule has 2 heterocycles. The normalized spacial score (nSPS) is 19.9. The predicted octanol–water partition coefficient (Wildman–Crippen LogP) is 0.487. The van der Waals surface area contributed by atoms with Gasteiger partial charge in [0, 0.05) is 32.3 Å². The molecule has 0 aliphatic carbocycles. The van der Waals surface area contributed by atoms with Crippen LogP contribution < -0.4 is 10.5 Å². The van der Waals surface area contributed by atoms with Crippen LogP contribution in [0.5, 0.6) is 0 Å². The van der Waals surface area contributed by atoms with Crippen LogP contribution in [0.4, 0.5) is 5.69 Å². The average Bonchev–Trinajstić information content (AvgIpc) is 2.39. The van der Waals surface area contributed by atoms with Gasteiger partial charge in [-0.3, -0.25) is 4.79 Å². The Kier molecular flexibility index (Phi) is 4.45. The van der Waals surface area contributed by atoms with E-state index in [-0.39, 0.29) is 23.7 Å². The van der Waals surface area contributed by atoms with Crippen LogP contribution in [0.1, 0.15) is 20.8 Å². The number of nitrogens with zero attached hydrogens (tertiary/aromatic N) is 3. The molecular formula is C14H23N3O3. The fraction of sp³-hybridized carbons (Fsp3) is 0.714. The topological polar surface area (TPSA) is 67.6 Å². The van der Waals surface area contributed by atoms with Crippen LogP contribution in [-0.2, 0) is 11.3 Å². The molecule has 0 radical (unpaired) electrons. The smallest absolute Gasteiger partial charge is 0.268 e. The lowest BCUT2D eigenvalue weighted by molar-refractivity contribution is -0.0277. The largest absolute Gasteiger partial charge is 0.396 e. The van der Waals surface area contributed by atoms with Crippen LogP contribution in [0.2, 0.25) is 0 Å².